The summed E-state index contributed by atoms with van der Waals surface area (Å²) in [5.74, 6) is 0.159. The summed E-state index contributed by atoms with van der Waals surface area (Å²) in [6.07, 6.45) is 0.762. The van der Waals surface area contributed by atoms with Crippen LogP contribution < -0.4 is 5.73 Å². The SMILES string of the molecule is CC(C)CC(S)C(N)=O. The minimum atomic E-state index is -0.327. The van der Waals surface area contributed by atoms with Crippen molar-refractivity contribution in [2.45, 2.75) is 25.5 Å². The van der Waals surface area contributed by atoms with Crippen molar-refractivity contribution in [2.75, 3.05) is 0 Å². The molecule has 2 N–H and O–H groups in total. The van der Waals surface area contributed by atoms with Gasteiger partial charge in [0.05, 0.1) is 5.25 Å². The fraction of sp³-hybridized carbons (Fsp3) is 0.833. The Balaban J connectivity index is 3.50. The number of amides is 1. The second-order valence-electron chi connectivity index (χ2n) is 2.55. The van der Waals surface area contributed by atoms with Crippen LogP contribution in [0.1, 0.15) is 20.3 Å². The Bertz CT molecular complexity index is 103. The van der Waals surface area contributed by atoms with Gasteiger partial charge in [0, 0.05) is 0 Å². The monoisotopic (exact) mass is 147 g/mol. The molecule has 0 spiro atoms. The normalized spacial score (nSPS) is 13.8. The standard InChI is InChI=1S/C6H13NOS/c1-4(2)3-5(9)6(7)8/h4-5,9H,3H2,1-2H3,(H2,7,8). The molecule has 0 fully saturated rings. The molecule has 54 valence electrons. The molecule has 0 rings (SSSR count). The van der Waals surface area contributed by atoms with E-state index in [1.54, 1.807) is 0 Å². The highest BCUT2D eigenvalue weighted by Gasteiger charge is 2.10. The fourth-order valence-corrected chi connectivity index (χ4v) is 0.984. The van der Waals surface area contributed by atoms with Crippen LogP contribution >= 0.6 is 12.6 Å². The number of primary amides is 1. The average Bonchev–Trinajstić information content (AvgIpc) is 1.63. The second-order valence-corrected chi connectivity index (χ2v) is 3.17. The van der Waals surface area contributed by atoms with Gasteiger partial charge in [-0.2, -0.15) is 12.6 Å². The van der Waals surface area contributed by atoms with Crippen molar-refractivity contribution in [1.82, 2.24) is 0 Å². The molecule has 0 aromatic rings. The molecule has 0 aliphatic rings. The van der Waals surface area contributed by atoms with Crippen LogP contribution in [0.15, 0.2) is 0 Å². The number of carbonyl (C=O) groups is 1. The highest BCUT2D eigenvalue weighted by molar-refractivity contribution is 7.81. The smallest absolute Gasteiger partial charge is 0.230 e. The van der Waals surface area contributed by atoms with E-state index in [0.29, 0.717) is 5.92 Å². The van der Waals surface area contributed by atoms with Gasteiger partial charge in [-0.15, -0.1) is 0 Å². The Labute approximate surface area is 61.2 Å². The zero-order valence-corrected chi connectivity index (χ0v) is 6.69. The van der Waals surface area contributed by atoms with Crippen molar-refractivity contribution >= 4 is 18.5 Å². The summed E-state index contributed by atoms with van der Waals surface area (Å²) < 4.78 is 0. The third-order valence-corrected chi connectivity index (χ3v) is 1.49. The minimum Gasteiger partial charge on any atom is -0.369 e. The van der Waals surface area contributed by atoms with E-state index in [0.717, 1.165) is 6.42 Å². The molecular formula is C6H13NOS. The Morgan fingerprint density at radius 2 is 2.11 bits per heavy atom. The van der Waals surface area contributed by atoms with Crippen LogP contribution in [0, 0.1) is 5.92 Å². The summed E-state index contributed by atoms with van der Waals surface area (Å²) in [5, 5.41) is -0.273. The van der Waals surface area contributed by atoms with Crippen LogP contribution in [0.2, 0.25) is 0 Å². The zero-order valence-electron chi connectivity index (χ0n) is 5.79. The van der Waals surface area contributed by atoms with Gasteiger partial charge < -0.3 is 5.73 Å². The van der Waals surface area contributed by atoms with Crippen LogP contribution in [-0.2, 0) is 4.79 Å². The third kappa shape index (κ3) is 4.33. The van der Waals surface area contributed by atoms with E-state index in [-0.39, 0.29) is 11.2 Å². The van der Waals surface area contributed by atoms with E-state index in [9.17, 15) is 4.79 Å². The molecule has 0 aromatic carbocycles. The maximum Gasteiger partial charge on any atom is 0.230 e. The number of hydrogen-bond donors (Lipinski definition) is 2. The van der Waals surface area contributed by atoms with Crippen LogP contribution in [0.5, 0.6) is 0 Å². The quantitative estimate of drug-likeness (QED) is 0.570. The molecule has 0 bridgehead atoms. The summed E-state index contributed by atoms with van der Waals surface area (Å²) in [5.41, 5.74) is 4.97. The van der Waals surface area contributed by atoms with E-state index in [1.165, 1.54) is 0 Å². The molecule has 0 aliphatic carbocycles. The topological polar surface area (TPSA) is 43.1 Å². The predicted molar refractivity (Wildman–Crippen MR) is 41.4 cm³/mol. The Morgan fingerprint density at radius 1 is 1.67 bits per heavy atom. The van der Waals surface area contributed by atoms with Gasteiger partial charge in [-0.25, -0.2) is 0 Å². The van der Waals surface area contributed by atoms with Crippen molar-refractivity contribution in [3.05, 3.63) is 0 Å². The van der Waals surface area contributed by atoms with E-state index < -0.39 is 0 Å². The Morgan fingerprint density at radius 3 is 2.22 bits per heavy atom. The van der Waals surface area contributed by atoms with Gasteiger partial charge in [0.1, 0.15) is 0 Å². The second kappa shape index (κ2) is 3.77. The van der Waals surface area contributed by atoms with Gasteiger partial charge in [0.2, 0.25) is 5.91 Å². The molecule has 0 radical (unpaired) electrons. The van der Waals surface area contributed by atoms with Gasteiger partial charge in [-0.1, -0.05) is 13.8 Å². The predicted octanol–water partition coefficient (Wildman–Crippen LogP) is 0.816. The fourth-order valence-electron chi connectivity index (χ4n) is 0.563. The first-order chi connectivity index (χ1) is 4.04. The van der Waals surface area contributed by atoms with E-state index >= 15 is 0 Å². The number of nitrogens with two attached hydrogens (primary N) is 1. The highest BCUT2D eigenvalue weighted by atomic mass is 32.1. The number of hydrogen-bond acceptors (Lipinski definition) is 2. The number of thiol groups is 1. The first-order valence-electron chi connectivity index (χ1n) is 3.01. The minimum absolute atomic E-state index is 0.273. The molecule has 0 saturated carbocycles. The summed E-state index contributed by atoms with van der Waals surface area (Å²) in [6, 6.07) is 0. The van der Waals surface area contributed by atoms with Crippen LogP contribution in [0.25, 0.3) is 0 Å². The van der Waals surface area contributed by atoms with Crippen molar-refractivity contribution < 1.29 is 4.79 Å². The molecular weight excluding hydrogens is 134 g/mol. The summed E-state index contributed by atoms with van der Waals surface area (Å²) in [4.78, 5) is 10.4. The Hall–Kier alpha value is -0.180. The molecule has 1 atom stereocenters. The maximum absolute atomic E-state index is 10.4. The molecule has 0 aliphatic heterocycles. The summed E-state index contributed by atoms with van der Waals surface area (Å²) in [7, 11) is 0. The molecule has 3 heteroatoms. The van der Waals surface area contributed by atoms with Gasteiger partial charge in [-0.3, -0.25) is 4.79 Å². The van der Waals surface area contributed by atoms with Gasteiger partial charge in [0.25, 0.3) is 0 Å². The molecule has 1 amide bonds. The maximum atomic E-state index is 10.4. The molecule has 2 nitrogen and oxygen atoms in total. The number of rotatable bonds is 3. The lowest BCUT2D eigenvalue weighted by Crippen LogP contribution is -2.24. The van der Waals surface area contributed by atoms with Gasteiger partial charge in [0.15, 0.2) is 0 Å². The van der Waals surface area contributed by atoms with Crippen molar-refractivity contribution in [2.24, 2.45) is 11.7 Å². The first kappa shape index (κ1) is 8.82. The lowest BCUT2D eigenvalue weighted by Gasteiger charge is -2.07. The molecule has 1 unspecified atom stereocenters. The van der Waals surface area contributed by atoms with E-state index in [4.69, 9.17) is 5.73 Å². The van der Waals surface area contributed by atoms with E-state index in [1.807, 2.05) is 13.8 Å². The highest BCUT2D eigenvalue weighted by Crippen LogP contribution is 2.08. The zero-order chi connectivity index (χ0) is 7.44. The first-order valence-corrected chi connectivity index (χ1v) is 3.53. The van der Waals surface area contributed by atoms with Crippen LogP contribution in [0.4, 0.5) is 0 Å². The summed E-state index contributed by atoms with van der Waals surface area (Å²) in [6.45, 7) is 4.07. The van der Waals surface area contributed by atoms with E-state index in [2.05, 4.69) is 12.6 Å². The molecule has 0 saturated heterocycles. The largest absolute Gasteiger partial charge is 0.369 e. The van der Waals surface area contributed by atoms with Crippen molar-refractivity contribution in [3.8, 4) is 0 Å². The lowest BCUT2D eigenvalue weighted by atomic mass is 10.1. The summed E-state index contributed by atoms with van der Waals surface area (Å²) >= 11 is 3.99. The van der Waals surface area contributed by atoms with Crippen LogP contribution in [0.3, 0.4) is 0 Å². The van der Waals surface area contributed by atoms with Gasteiger partial charge >= 0.3 is 0 Å². The lowest BCUT2D eigenvalue weighted by molar-refractivity contribution is -0.117. The van der Waals surface area contributed by atoms with Gasteiger partial charge in [-0.05, 0) is 12.3 Å². The van der Waals surface area contributed by atoms with Crippen LogP contribution in [-0.4, -0.2) is 11.2 Å². The molecule has 0 aromatic heterocycles. The number of carbonyl (C=O) groups excluding carboxylic acids is 1. The van der Waals surface area contributed by atoms with Crippen molar-refractivity contribution in [3.63, 3.8) is 0 Å². The molecule has 0 heterocycles. The Kier molecular flexibility index (Phi) is 3.70. The van der Waals surface area contributed by atoms with Crippen molar-refractivity contribution in [1.29, 1.82) is 0 Å². The molecule has 9 heavy (non-hydrogen) atoms. The average molecular weight is 147 g/mol. The third-order valence-electron chi connectivity index (χ3n) is 1.02.